The Hall–Kier alpha value is -1.10. The summed E-state index contributed by atoms with van der Waals surface area (Å²) in [6.07, 6.45) is -3.72. The molecule has 0 aliphatic carbocycles. The summed E-state index contributed by atoms with van der Waals surface area (Å²) in [5.41, 5.74) is 1.73. The van der Waals surface area contributed by atoms with Crippen LogP contribution in [0.3, 0.4) is 0 Å². The van der Waals surface area contributed by atoms with Crippen molar-refractivity contribution < 1.29 is 18.3 Å². The predicted molar refractivity (Wildman–Crippen MR) is 49.3 cm³/mol. The Kier molecular flexibility index (Phi) is 3.68. The van der Waals surface area contributed by atoms with Gasteiger partial charge in [-0.15, -0.1) is 0 Å². The average Bonchev–Trinajstić information content (AvgIpc) is 2.14. The molecular weight excluding hydrogens is 207 g/mol. The van der Waals surface area contributed by atoms with E-state index in [4.69, 9.17) is 5.11 Å². The van der Waals surface area contributed by atoms with E-state index in [-0.39, 0.29) is 13.0 Å². The number of rotatable bonds is 3. The number of halogens is 3. The molecule has 1 aromatic rings. The molecule has 0 spiro atoms. The van der Waals surface area contributed by atoms with E-state index < -0.39 is 12.6 Å². The lowest BCUT2D eigenvalue weighted by Crippen LogP contribution is -2.10. The Balaban J connectivity index is 2.70. The second-order valence-corrected chi connectivity index (χ2v) is 3.38. The van der Waals surface area contributed by atoms with Crippen LogP contribution in [-0.2, 0) is 13.0 Å². The first-order valence-electron chi connectivity index (χ1n) is 4.54. The number of aliphatic hydroxyl groups is 1. The maximum Gasteiger partial charge on any atom is 0.389 e. The molecule has 0 amide bonds. The largest absolute Gasteiger partial charge is 0.392 e. The summed E-state index contributed by atoms with van der Waals surface area (Å²) < 4.78 is 35.9. The summed E-state index contributed by atoms with van der Waals surface area (Å²) in [7, 11) is 0. The standard InChI is InChI=1S/C10H12F3NO/c1-7-4-8(6-15)5-14-9(7)2-3-10(11,12)13/h4-5,15H,2-3,6H2,1H3. The van der Waals surface area contributed by atoms with Crippen LogP contribution in [0.15, 0.2) is 12.3 Å². The van der Waals surface area contributed by atoms with Crippen molar-refractivity contribution in [3.8, 4) is 0 Å². The first-order chi connectivity index (χ1) is 6.92. The molecule has 5 heteroatoms. The van der Waals surface area contributed by atoms with Crippen LogP contribution >= 0.6 is 0 Å². The van der Waals surface area contributed by atoms with Gasteiger partial charge in [-0.05, 0) is 24.5 Å². The number of nitrogens with zero attached hydrogens (tertiary/aromatic N) is 1. The molecule has 0 saturated carbocycles. The maximum absolute atomic E-state index is 12.0. The normalized spacial score (nSPS) is 11.8. The molecule has 1 N–H and O–H groups in total. The van der Waals surface area contributed by atoms with Crippen LogP contribution in [0.4, 0.5) is 13.2 Å². The van der Waals surface area contributed by atoms with E-state index in [1.165, 1.54) is 6.20 Å². The van der Waals surface area contributed by atoms with Gasteiger partial charge in [0.15, 0.2) is 0 Å². The van der Waals surface area contributed by atoms with Crippen LogP contribution in [-0.4, -0.2) is 16.3 Å². The van der Waals surface area contributed by atoms with Crippen molar-refractivity contribution in [1.82, 2.24) is 4.98 Å². The summed E-state index contributed by atoms with van der Waals surface area (Å²) >= 11 is 0. The van der Waals surface area contributed by atoms with Gasteiger partial charge in [0.1, 0.15) is 0 Å². The van der Waals surface area contributed by atoms with Gasteiger partial charge in [0.25, 0.3) is 0 Å². The number of pyridine rings is 1. The number of alkyl halides is 3. The molecule has 1 heterocycles. The van der Waals surface area contributed by atoms with Crippen molar-refractivity contribution in [3.05, 3.63) is 29.1 Å². The highest BCUT2D eigenvalue weighted by molar-refractivity contribution is 5.23. The van der Waals surface area contributed by atoms with Crippen molar-refractivity contribution in [2.75, 3.05) is 0 Å². The molecule has 1 aromatic heterocycles. The zero-order chi connectivity index (χ0) is 11.5. The van der Waals surface area contributed by atoms with Crippen LogP contribution in [0.1, 0.15) is 23.2 Å². The van der Waals surface area contributed by atoms with Crippen molar-refractivity contribution >= 4 is 0 Å². The maximum atomic E-state index is 12.0. The molecule has 0 atom stereocenters. The Morgan fingerprint density at radius 2 is 2.07 bits per heavy atom. The second-order valence-electron chi connectivity index (χ2n) is 3.38. The molecule has 0 radical (unpaired) electrons. The minimum absolute atomic E-state index is 0.110. The fourth-order valence-corrected chi connectivity index (χ4v) is 1.27. The van der Waals surface area contributed by atoms with Gasteiger partial charge < -0.3 is 5.11 Å². The lowest BCUT2D eigenvalue weighted by molar-refractivity contribution is -0.134. The van der Waals surface area contributed by atoms with Crippen LogP contribution in [0.25, 0.3) is 0 Å². The molecule has 0 unspecified atom stereocenters. The molecule has 0 aliphatic rings. The minimum Gasteiger partial charge on any atom is -0.392 e. The monoisotopic (exact) mass is 219 g/mol. The molecule has 84 valence electrons. The van der Waals surface area contributed by atoms with Crippen molar-refractivity contribution in [2.45, 2.75) is 32.5 Å². The van der Waals surface area contributed by atoms with Crippen LogP contribution in [0.5, 0.6) is 0 Å². The van der Waals surface area contributed by atoms with E-state index in [0.717, 1.165) is 0 Å². The predicted octanol–water partition coefficient (Wildman–Crippen LogP) is 2.38. The van der Waals surface area contributed by atoms with Gasteiger partial charge >= 0.3 is 6.18 Å². The van der Waals surface area contributed by atoms with E-state index in [1.54, 1.807) is 13.0 Å². The first kappa shape index (κ1) is 12.0. The van der Waals surface area contributed by atoms with Gasteiger partial charge in [0.2, 0.25) is 0 Å². The van der Waals surface area contributed by atoms with E-state index >= 15 is 0 Å². The zero-order valence-corrected chi connectivity index (χ0v) is 8.30. The zero-order valence-electron chi connectivity index (χ0n) is 8.30. The molecule has 0 bridgehead atoms. The number of aliphatic hydroxyl groups excluding tert-OH is 1. The highest BCUT2D eigenvalue weighted by atomic mass is 19.4. The van der Waals surface area contributed by atoms with Crippen molar-refractivity contribution in [1.29, 1.82) is 0 Å². The molecule has 2 nitrogen and oxygen atoms in total. The fraction of sp³-hybridized carbons (Fsp3) is 0.500. The van der Waals surface area contributed by atoms with Crippen LogP contribution in [0.2, 0.25) is 0 Å². The average molecular weight is 219 g/mol. The highest BCUT2D eigenvalue weighted by Crippen LogP contribution is 2.22. The Morgan fingerprint density at radius 3 is 2.53 bits per heavy atom. The lowest BCUT2D eigenvalue weighted by atomic mass is 10.1. The summed E-state index contributed by atoms with van der Waals surface area (Å²) in [5, 5.41) is 8.79. The van der Waals surface area contributed by atoms with Crippen molar-refractivity contribution in [3.63, 3.8) is 0 Å². The highest BCUT2D eigenvalue weighted by Gasteiger charge is 2.26. The molecule has 0 fully saturated rings. The number of hydrogen-bond donors (Lipinski definition) is 1. The summed E-state index contributed by atoms with van der Waals surface area (Å²) in [4.78, 5) is 3.89. The summed E-state index contributed by atoms with van der Waals surface area (Å²) in [6, 6.07) is 1.65. The minimum atomic E-state index is -4.15. The van der Waals surface area contributed by atoms with Gasteiger partial charge in [-0.3, -0.25) is 4.98 Å². The van der Waals surface area contributed by atoms with E-state index in [0.29, 0.717) is 16.8 Å². The second kappa shape index (κ2) is 4.61. The van der Waals surface area contributed by atoms with Gasteiger partial charge in [-0.25, -0.2) is 0 Å². The third kappa shape index (κ3) is 3.87. The van der Waals surface area contributed by atoms with E-state index in [1.807, 2.05) is 0 Å². The Bertz CT molecular complexity index is 336. The quantitative estimate of drug-likeness (QED) is 0.846. The molecular formula is C10H12F3NO. The van der Waals surface area contributed by atoms with Gasteiger partial charge in [0, 0.05) is 18.3 Å². The third-order valence-corrected chi connectivity index (χ3v) is 2.07. The first-order valence-corrected chi connectivity index (χ1v) is 4.54. The Morgan fingerprint density at radius 1 is 1.40 bits per heavy atom. The number of aromatic nitrogens is 1. The molecule has 15 heavy (non-hydrogen) atoms. The van der Waals surface area contributed by atoms with Gasteiger partial charge in [0.05, 0.1) is 6.61 Å². The Labute approximate surface area is 85.8 Å². The molecule has 0 saturated heterocycles. The molecule has 0 aromatic carbocycles. The SMILES string of the molecule is Cc1cc(CO)cnc1CCC(F)(F)F. The third-order valence-electron chi connectivity index (χ3n) is 2.07. The van der Waals surface area contributed by atoms with E-state index in [9.17, 15) is 13.2 Å². The number of hydrogen-bond acceptors (Lipinski definition) is 2. The fourth-order valence-electron chi connectivity index (χ4n) is 1.27. The topological polar surface area (TPSA) is 33.1 Å². The van der Waals surface area contributed by atoms with Crippen LogP contribution < -0.4 is 0 Å². The van der Waals surface area contributed by atoms with E-state index in [2.05, 4.69) is 4.98 Å². The smallest absolute Gasteiger partial charge is 0.389 e. The van der Waals surface area contributed by atoms with Crippen LogP contribution in [0, 0.1) is 6.92 Å². The molecule has 0 aliphatic heterocycles. The lowest BCUT2D eigenvalue weighted by Gasteiger charge is -2.08. The van der Waals surface area contributed by atoms with Gasteiger partial charge in [-0.1, -0.05) is 6.07 Å². The summed E-state index contributed by atoms with van der Waals surface area (Å²) in [6.45, 7) is 1.55. The summed E-state index contributed by atoms with van der Waals surface area (Å²) in [5.74, 6) is 0. The van der Waals surface area contributed by atoms with Crippen molar-refractivity contribution in [2.24, 2.45) is 0 Å². The molecule has 1 rings (SSSR count). The van der Waals surface area contributed by atoms with Gasteiger partial charge in [-0.2, -0.15) is 13.2 Å². The number of aryl methyl sites for hydroxylation is 2.